The smallest absolute Gasteiger partial charge is 0.261 e. The van der Waals surface area contributed by atoms with E-state index in [1.807, 2.05) is 44.2 Å². The number of hydrogen-bond donors (Lipinski definition) is 2. The Labute approximate surface area is 201 Å². The maximum absolute atomic E-state index is 13.3. The molecule has 0 saturated heterocycles. The summed E-state index contributed by atoms with van der Waals surface area (Å²) in [6, 6.07) is 20.6. The normalized spacial score (nSPS) is 12.1. The van der Waals surface area contributed by atoms with Gasteiger partial charge in [-0.15, -0.1) is 0 Å². The Morgan fingerprint density at radius 1 is 0.971 bits per heavy atom. The summed E-state index contributed by atoms with van der Waals surface area (Å²) in [4.78, 5) is 13.4. The van der Waals surface area contributed by atoms with Gasteiger partial charge in [0, 0.05) is 7.11 Å². The number of amides is 1. The quantitative estimate of drug-likeness (QED) is 0.386. The zero-order chi connectivity index (χ0) is 24.6. The Morgan fingerprint density at radius 3 is 2.32 bits per heavy atom. The highest BCUT2D eigenvalue weighted by atomic mass is 32.2. The van der Waals surface area contributed by atoms with E-state index in [0.29, 0.717) is 25.4 Å². The minimum Gasteiger partial charge on any atom is -0.491 e. The van der Waals surface area contributed by atoms with Gasteiger partial charge in [-0.25, -0.2) is 8.42 Å². The third-order valence-corrected chi connectivity index (χ3v) is 6.66. The van der Waals surface area contributed by atoms with Crippen molar-refractivity contribution in [2.24, 2.45) is 0 Å². The highest BCUT2D eigenvalue weighted by Crippen LogP contribution is 2.27. The summed E-state index contributed by atoms with van der Waals surface area (Å²) in [5.74, 6) is 0.0303. The number of nitrogens with one attached hydrogen (secondary N) is 2. The van der Waals surface area contributed by atoms with Gasteiger partial charge in [0.05, 0.1) is 28.8 Å². The van der Waals surface area contributed by atoms with Crippen molar-refractivity contribution < 1.29 is 22.7 Å². The molecule has 0 fully saturated rings. The highest BCUT2D eigenvalue weighted by Gasteiger charge is 2.22. The first kappa shape index (κ1) is 25.3. The number of methoxy groups -OCH3 is 1. The highest BCUT2D eigenvalue weighted by molar-refractivity contribution is 7.92. The number of aryl methyl sites for hydroxylation is 1. The van der Waals surface area contributed by atoms with Gasteiger partial charge < -0.3 is 14.8 Å². The van der Waals surface area contributed by atoms with Gasteiger partial charge >= 0.3 is 0 Å². The number of hydrogen-bond acceptors (Lipinski definition) is 5. The van der Waals surface area contributed by atoms with Gasteiger partial charge in [-0.05, 0) is 49.2 Å². The second-order valence-corrected chi connectivity index (χ2v) is 9.49. The molecule has 0 aliphatic rings. The largest absolute Gasteiger partial charge is 0.491 e. The van der Waals surface area contributed by atoms with Crippen molar-refractivity contribution in [1.82, 2.24) is 5.32 Å². The SMILES string of the molecule is CC[C@H](NC(=O)c1cc(OCCOC)ccc1NS(=O)(=O)c1ccc(C)cc1)c1ccccc1. The van der Waals surface area contributed by atoms with Gasteiger partial charge in [0.2, 0.25) is 0 Å². The molecule has 180 valence electrons. The van der Waals surface area contributed by atoms with E-state index in [1.54, 1.807) is 25.3 Å². The van der Waals surface area contributed by atoms with E-state index in [2.05, 4.69) is 10.0 Å². The predicted molar refractivity (Wildman–Crippen MR) is 133 cm³/mol. The van der Waals surface area contributed by atoms with Crippen molar-refractivity contribution >= 4 is 21.6 Å². The van der Waals surface area contributed by atoms with Crippen LogP contribution in [0.1, 0.15) is 40.9 Å². The molecule has 0 bridgehead atoms. The first-order valence-electron chi connectivity index (χ1n) is 11.0. The average molecular weight is 483 g/mol. The monoisotopic (exact) mass is 482 g/mol. The molecule has 0 unspecified atom stereocenters. The summed E-state index contributed by atoms with van der Waals surface area (Å²) in [6.45, 7) is 4.54. The van der Waals surface area contributed by atoms with Crippen LogP contribution in [0.4, 0.5) is 5.69 Å². The van der Waals surface area contributed by atoms with Crippen LogP contribution in [0.5, 0.6) is 5.75 Å². The summed E-state index contributed by atoms with van der Waals surface area (Å²) in [5, 5.41) is 3.01. The Balaban J connectivity index is 1.92. The Kier molecular flexibility index (Phi) is 8.67. The van der Waals surface area contributed by atoms with Crippen LogP contribution in [0.3, 0.4) is 0 Å². The number of anilines is 1. The second-order valence-electron chi connectivity index (χ2n) is 7.81. The first-order chi connectivity index (χ1) is 16.3. The van der Waals surface area contributed by atoms with Crippen molar-refractivity contribution in [3.63, 3.8) is 0 Å². The average Bonchev–Trinajstić information content (AvgIpc) is 2.84. The maximum atomic E-state index is 13.3. The van der Waals surface area contributed by atoms with Gasteiger partial charge in [-0.1, -0.05) is 55.0 Å². The molecule has 8 heteroatoms. The molecule has 0 aromatic heterocycles. The van der Waals surface area contributed by atoms with Crippen LogP contribution < -0.4 is 14.8 Å². The van der Waals surface area contributed by atoms with Gasteiger partial charge in [0.15, 0.2) is 0 Å². The van der Waals surface area contributed by atoms with E-state index in [0.717, 1.165) is 11.1 Å². The van der Waals surface area contributed by atoms with Crippen molar-refractivity contribution in [2.45, 2.75) is 31.2 Å². The number of ether oxygens (including phenoxy) is 2. The van der Waals surface area contributed by atoms with Crippen molar-refractivity contribution in [1.29, 1.82) is 0 Å². The lowest BCUT2D eigenvalue weighted by molar-refractivity contribution is 0.0935. The number of carbonyl (C=O) groups excluding carboxylic acids is 1. The zero-order valence-electron chi connectivity index (χ0n) is 19.6. The Hall–Kier alpha value is -3.36. The zero-order valence-corrected chi connectivity index (χ0v) is 20.4. The molecule has 0 aliphatic carbocycles. The van der Waals surface area contributed by atoms with Crippen LogP contribution in [-0.4, -0.2) is 34.6 Å². The molecule has 0 aliphatic heterocycles. The summed E-state index contributed by atoms with van der Waals surface area (Å²) in [6.07, 6.45) is 0.671. The number of sulfonamides is 1. The fourth-order valence-corrected chi connectivity index (χ4v) is 4.48. The van der Waals surface area contributed by atoms with Crippen molar-refractivity contribution in [3.8, 4) is 5.75 Å². The fraction of sp³-hybridized carbons (Fsp3) is 0.269. The molecule has 0 heterocycles. The number of rotatable bonds is 11. The molecule has 2 N–H and O–H groups in total. The Bertz CT molecular complexity index is 1200. The lowest BCUT2D eigenvalue weighted by Gasteiger charge is -2.20. The minimum atomic E-state index is -3.90. The van der Waals surface area contributed by atoms with Crippen LogP contribution in [0.25, 0.3) is 0 Å². The maximum Gasteiger partial charge on any atom is 0.261 e. The molecule has 1 amide bonds. The number of carbonyl (C=O) groups is 1. The van der Waals surface area contributed by atoms with Gasteiger partial charge in [-0.2, -0.15) is 0 Å². The van der Waals surface area contributed by atoms with Gasteiger partial charge in [0.25, 0.3) is 15.9 Å². The second kappa shape index (κ2) is 11.7. The molecule has 34 heavy (non-hydrogen) atoms. The lowest BCUT2D eigenvalue weighted by atomic mass is 10.0. The number of benzene rings is 3. The summed E-state index contributed by atoms with van der Waals surface area (Å²) < 4.78 is 39.2. The van der Waals surface area contributed by atoms with Crippen molar-refractivity contribution in [2.75, 3.05) is 25.0 Å². The molecular weight excluding hydrogens is 452 g/mol. The van der Waals surface area contributed by atoms with E-state index < -0.39 is 15.9 Å². The lowest BCUT2D eigenvalue weighted by Crippen LogP contribution is -2.29. The molecular formula is C26H30N2O5S. The van der Waals surface area contributed by atoms with Crippen LogP contribution in [-0.2, 0) is 14.8 Å². The Morgan fingerprint density at radius 2 is 1.68 bits per heavy atom. The van der Waals surface area contributed by atoms with E-state index >= 15 is 0 Å². The molecule has 0 saturated carbocycles. The minimum absolute atomic E-state index is 0.112. The van der Waals surface area contributed by atoms with Gasteiger partial charge in [-0.3, -0.25) is 9.52 Å². The summed E-state index contributed by atoms with van der Waals surface area (Å²) in [5.41, 5.74) is 2.25. The predicted octanol–water partition coefficient (Wildman–Crippen LogP) is 4.70. The molecule has 3 rings (SSSR count). The van der Waals surface area contributed by atoms with Crippen LogP contribution >= 0.6 is 0 Å². The molecule has 3 aromatic carbocycles. The third kappa shape index (κ3) is 6.59. The van der Waals surface area contributed by atoms with E-state index in [4.69, 9.17) is 9.47 Å². The summed E-state index contributed by atoms with van der Waals surface area (Å²) in [7, 11) is -2.33. The first-order valence-corrected chi connectivity index (χ1v) is 12.5. The van der Waals surface area contributed by atoms with Crippen LogP contribution in [0.15, 0.2) is 77.7 Å². The summed E-state index contributed by atoms with van der Waals surface area (Å²) >= 11 is 0. The van der Waals surface area contributed by atoms with Crippen LogP contribution in [0, 0.1) is 6.92 Å². The molecule has 3 aromatic rings. The van der Waals surface area contributed by atoms with E-state index in [1.165, 1.54) is 24.3 Å². The third-order valence-electron chi connectivity index (χ3n) is 5.28. The molecule has 0 radical (unpaired) electrons. The van der Waals surface area contributed by atoms with E-state index in [9.17, 15) is 13.2 Å². The van der Waals surface area contributed by atoms with Crippen LogP contribution in [0.2, 0.25) is 0 Å². The molecule has 0 spiro atoms. The van der Waals surface area contributed by atoms with Gasteiger partial charge in [0.1, 0.15) is 12.4 Å². The molecule has 7 nitrogen and oxygen atoms in total. The topological polar surface area (TPSA) is 93.7 Å². The van der Waals surface area contributed by atoms with E-state index in [-0.39, 0.29) is 22.2 Å². The van der Waals surface area contributed by atoms with Crippen molar-refractivity contribution in [3.05, 3.63) is 89.5 Å². The molecule has 1 atom stereocenters. The standard InChI is InChI=1S/C26H30N2O5S/c1-4-24(20-8-6-5-7-9-20)27-26(29)23-18-21(33-17-16-32-3)12-15-25(23)28-34(30,31)22-13-10-19(2)11-14-22/h5-15,18,24,28H,4,16-17H2,1-3H3,(H,27,29)/t24-/m0/s1. The fourth-order valence-electron chi connectivity index (χ4n) is 3.40.